The van der Waals surface area contributed by atoms with Crippen molar-refractivity contribution >= 4 is 17.2 Å². The molecule has 0 unspecified atom stereocenters. The minimum Gasteiger partial charge on any atom is -0.367 e. The van der Waals surface area contributed by atoms with Crippen molar-refractivity contribution in [1.29, 1.82) is 0 Å². The zero-order chi connectivity index (χ0) is 14.7. The summed E-state index contributed by atoms with van der Waals surface area (Å²) >= 11 is 0. The van der Waals surface area contributed by atoms with Crippen LogP contribution in [0.3, 0.4) is 0 Å². The number of hydrogen-bond donors (Lipinski definition) is 1. The summed E-state index contributed by atoms with van der Waals surface area (Å²) in [6.07, 6.45) is 1.16. The fourth-order valence-corrected chi connectivity index (χ4v) is 1.71. The Kier molecular flexibility index (Phi) is 3.51. The third-order valence-electron chi connectivity index (χ3n) is 2.57. The second-order valence-corrected chi connectivity index (χ2v) is 3.73. The first-order chi connectivity index (χ1) is 9.54. The van der Waals surface area contributed by atoms with Crippen molar-refractivity contribution in [2.45, 2.75) is 0 Å². The van der Waals surface area contributed by atoms with E-state index in [1.165, 1.54) is 31.3 Å². The Labute approximate surface area is 112 Å². The Bertz CT molecular complexity index is 688. The molecular weight excluding hydrogens is 266 g/mol. The largest absolute Gasteiger partial charge is 0.367 e. The van der Waals surface area contributed by atoms with E-state index in [0.29, 0.717) is 0 Å². The summed E-state index contributed by atoms with van der Waals surface area (Å²) in [6, 6.07) is 5.49. The highest BCUT2D eigenvalue weighted by Crippen LogP contribution is 2.33. The van der Waals surface area contributed by atoms with E-state index in [4.69, 9.17) is 0 Å². The van der Waals surface area contributed by atoms with E-state index in [1.54, 1.807) is 0 Å². The molecular formula is C11H9N5O4. The Balaban J connectivity index is 2.66. The predicted molar refractivity (Wildman–Crippen MR) is 70.3 cm³/mol. The van der Waals surface area contributed by atoms with Gasteiger partial charge in [-0.25, -0.2) is 9.97 Å². The van der Waals surface area contributed by atoms with Gasteiger partial charge < -0.3 is 5.32 Å². The summed E-state index contributed by atoms with van der Waals surface area (Å²) in [4.78, 5) is 28.3. The van der Waals surface area contributed by atoms with Gasteiger partial charge >= 0.3 is 5.69 Å². The molecule has 0 saturated heterocycles. The molecule has 2 rings (SSSR count). The number of nitrogens with one attached hydrogen (secondary N) is 1. The Morgan fingerprint density at radius 2 is 1.90 bits per heavy atom. The van der Waals surface area contributed by atoms with Crippen molar-refractivity contribution in [2.24, 2.45) is 0 Å². The predicted octanol–water partition coefficient (Wildman–Crippen LogP) is 2.00. The van der Waals surface area contributed by atoms with Gasteiger partial charge in [-0.15, -0.1) is 0 Å². The molecule has 9 heteroatoms. The van der Waals surface area contributed by atoms with Crippen LogP contribution in [-0.4, -0.2) is 26.9 Å². The number of benzene rings is 1. The van der Waals surface area contributed by atoms with Gasteiger partial charge in [0, 0.05) is 24.7 Å². The molecule has 0 radical (unpaired) electrons. The SMILES string of the molecule is CNc1ncnc(-c2cccc([N+](=O)[O-])c2)c1[N+](=O)[O-]. The van der Waals surface area contributed by atoms with Gasteiger partial charge in [-0.1, -0.05) is 12.1 Å². The first kappa shape index (κ1) is 13.3. The first-order valence-electron chi connectivity index (χ1n) is 5.46. The fraction of sp³-hybridized carbons (Fsp3) is 0.0909. The highest BCUT2D eigenvalue weighted by atomic mass is 16.6. The maximum Gasteiger partial charge on any atom is 0.337 e. The molecule has 9 nitrogen and oxygen atoms in total. The molecule has 0 amide bonds. The molecule has 2 aromatic rings. The number of non-ortho nitro benzene ring substituents is 1. The van der Waals surface area contributed by atoms with Crippen molar-refractivity contribution in [3.8, 4) is 11.3 Å². The van der Waals surface area contributed by atoms with E-state index in [9.17, 15) is 20.2 Å². The lowest BCUT2D eigenvalue weighted by Crippen LogP contribution is -2.03. The van der Waals surface area contributed by atoms with E-state index in [1.807, 2.05) is 0 Å². The molecule has 1 aromatic carbocycles. The van der Waals surface area contributed by atoms with Crippen LogP contribution in [0, 0.1) is 20.2 Å². The zero-order valence-electron chi connectivity index (χ0n) is 10.3. The maximum atomic E-state index is 11.1. The third kappa shape index (κ3) is 2.36. The van der Waals surface area contributed by atoms with Crippen molar-refractivity contribution < 1.29 is 9.85 Å². The van der Waals surface area contributed by atoms with Crippen molar-refractivity contribution in [3.05, 3.63) is 50.8 Å². The van der Waals surface area contributed by atoms with Crippen LogP contribution in [0.1, 0.15) is 0 Å². The fourth-order valence-electron chi connectivity index (χ4n) is 1.71. The Morgan fingerprint density at radius 1 is 1.15 bits per heavy atom. The van der Waals surface area contributed by atoms with Crippen LogP contribution in [0.15, 0.2) is 30.6 Å². The molecule has 0 atom stereocenters. The zero-order valence-corrected chi connectivity index (χ0v) is 10.3. The number of nitro benzene ring substituents is 1. The average Bonchev–Trinajstić information content (AvgIpc) is 2.46. The molecule has 0 spiro atoms. The van der Waals surface area contributed by atoms with Gasteiger partial charge in [0.05, 0.1) is 9.85 Å². The first-order valence-corrected chi connectivity index (χ1v) is 5.46. The number of anilines is 1. The topological polar surface area (TPSA) is 124 Å². The molecule has 0 aliphatic carbocycles. The van der Waals surface area contributed by atoms with Crippen LogP contribution in [-0.2, 0) is 0 Å². The number of aromatic nitrogens is 2. The summed E-state index contributed by atoms with van der Waals surface area (Å²) in [5.74, 6) is 0.0477. The second-order valence-electron chi connectivity index (χ2n) is 3.73. The molecule has 1 aromatic heterocycles. The molecule has 0 fully saturated rings. The lowest BCUT2D eigenvalue weighted by atomic mass is 10.1. The summed E-state index contributed by atoms with van der Waals surface area (Å²) in [5, 5.41) is 24.5. The van der Waals surface area contributed by atoms with Crippen LogP contribution in [0.2, 0.25) is 0 Å². The van der Waals surface area contributed by atoms with Crippen molar-refractivity contribution in [3.63, 3.8) is 0 Å². The highest BCUT2D eigenvalue weighted by Gasteiger charge is 2.24. The second kappa shape index (κ2) is 5.26. The molecule has 0 saturated carbocycles. The van der Waals surface area contributed by atoms with Crippen LogP contribution in [0.25, 0.3) is 11.3 Å². The van der Waals surface area contributed by atoms with Gasteiger partial charge in [0.15, 0.2) is 5.69 Å². The van der Waals surface area contributed by atoms with Gasteiger partial charge in [-0.2, -0.15) is 0 Å². The van der Waals surface area contributed by atoms with Gasteiger partial charge in [0.1, 0.15) is 6.33 Å². The lowest BCUT2D eigenvalue weighted by molar-refractivity contribution is -0.385. The summed E-state index contributed by atoms with van der Waals surface area (Å²) in [6.45, 7) is 0. The van der Waals surface area contributed by atoms with Gasteiger partial charge in [-0.3, -0.25) is 20.2 Å². The normalized spacial score (nSPS) is 10.1. The van der Waals surface area contributed by atoms with Crippen molar-refractivity contribution in [2.75, 3.05) is 12.4 Å². The smallest absolute Gasteiger partial charge is 0.337 e. The molecule has 0 aliphatic rings. The molecule has 0 aliphatic heterocycles. The Hall–Kier alpha value is -3.10. The van der Waals surface area contributed by atoms with E-state index >= 15 is 0 Å². The summed E-state index contributed by atoms with van der Waals surface area (Å²) in [5.41, 5.74) is -0.181. The minimum absolute atomic E-state index is 0.0260. The van der Waals surface area contributed by atoms with Crippen LogP contribution < -0.4 is 5.32 Å². The minimum atomic E-state index is -0.625. The molecule has 20 heavy (non-hydrogen) atoms. The lowest BCUT2D eigenvalue weighted by Gasteiger charge is -2.05. The quantitative estimate of drug-likeness (QED) is 0.668. The maximum absolute atomic E-state index is 11.1. The number of hydrogen-bond acceptors (Lipinski definition) is 7. The molecule has 102 valence electrons. The Morgan fingerprint density at radius 3 is 2.50 bits per heavy atom. The third-order valence-corrected chi connectivity index (χ3v) is 2.57. The summed E-state index contributed by atoms with van der Waals surface area (Å²) < 4.78 is 0. The van der Waals surface area contributed by atoms with E-state index in [0.717, 1.165) is 6.33 Å². The van der Waals surface area contributed by atoms with Crippen LogP contribution in [0.5, 0.6) is 0 Å². The van der Waals surface area contributed by atoms with Gasteiger partial charge in [0.25, 0.3) is 5.69 Å². The van der Waals surface area contributed by atoms with Gasteiger partial charge in [-0.05, 0) is 0 Å². The van der Waals surface area contributed by atoms with Crippen LogP contribution >= 0.6 is 0 Å². The van der Waals surface area contributed by atoms with E-state index < -0.39 is 9.85 Å². The monoisotopic (exact) mass is 275 g/mol. The molecule has 1 N–H and O–H groups in total. The molecule has 1 heterocycles. The number of rotatable bonds is 4. The van der Waals surface area contributed by atoms with Crippen LogP contribution in [0.4, 0.5) is 17.2 Å². The highest BCUT2D eigenvalue weighted by molar-refractivity contribution is 5.77. The average molecular weight is 275 g/mol. The number of nitrogens with zero attached hydrogens (tertiary/aromatic N) is 4. The van der Waals surface area contributed by atoms with E-state index in [2.05, 4.69) is 15.3 Å². The molecule has 0 bridgehead atoms. The van der Waals surface area contributed by atoms with Gasteiger partial charge in [0.2, 0.25) is 5.82 Å². The summed E-state index contributed by atoms with van der Waals surface area (Å²) in [7, 11) is 1.49. The number of nitro groups is 2. The van der Waals surface area contributed by atoms with Crippen molar-refractivity contribution in [1.82, 2.24) is 9.97 Å². The van der Waals surface area contributed by atoms with E-state index in [-0.39, 0.29) is 28.5 Å². The standard InChI is InChI=1S/C11H9N5O4/c1-12-11-10(16(19)20)9(13-6-14-11)7-3-2-4-8(5-7)15(17)18/h2-6H,1H3,(H,12,13,14).